The minimum absolute atomic E-state index is 0.130. The van der Waals surface area contributed by atoms with Gasteiger partial charge in [-0.05, 0) is 32.4 Å². The van der Waals surface area contributed by atoms with Crippen LogP contribution in [-0.4, -0.2) is 66.9 Å². The van der Waals surface area contributed by atoms with Crippen LogP contribution in [0.5, 0.6) is 0 Å². The summed E-state index contributed by atoms with van der Waals surface area (Å²) in [7, 11) is 1.70. The summed E-state index contributed by atoms with van der Waals surface area (Å²) in [5, 5.41) is 8.35. The van der Waals surface area contributed by atoms with E-state index in [2.05, 4.69) is 31.2 Å². The van der Waals surface area contributed by atoms with Crippen LogP contribution >= 0.6 is 0 Å². The monoisotopic (exact) mass is 411 g/mol. The van der Waals surface area contributed by atoms with Crippen LogP contribution in [0.25, 0.3) is 11.2 Å². The van der Waals surface area contributed by atoms with E-state index in [0.29, 0.717) is 26.1 Å². The van der Waals surface area contributed by atoms with Gasteiger partial charge in [-0.1, -0.05) is 0 Å². The van der Waals surface area contributed by atoms with Crippen molar-refractivity contribution in [1.29, 1.82) is 0 Å². The van der Waals surface area contributed by atoms with E-state index in [4.69, 9.17) is 9.72 Å². The predicted octanol–water partition coefficient (Wildman–Crippen LogP) is 1.95. The molecule has 0 spiro atoms. The summed E-state index contributed by atoms with van der Waals surface area (Å²) in [6.07, 6.45) is 4.53. The number of carbonyl (C=O) groups excluding carboxylic acids is 1. The zero-order valence-corrected chi connectivity index (χ0v) is 17.9. The molecule has 160 valence electrons. The molecule has 3 aromatic heterocycles. The fourth-order valence-electron chi connectivity index (χ4n) is 4.21. The van der Waals surface area contributed by atoms with E-state index in [9.17, 15) is 4.79 Å². The first-order chi connectivity index (χ1) is 14.6. The van der Waals surface area contributed by atoms with E-state index >= 15 is 0 Å². The fraction of sp³-hybridized carbons (Fsp3) is 0.571. The molecule has 30 heavy (non-hydrogen) atoms. The third-order valence-corrected chi connectivity index (χ3v) is 5.73. The lowest BCUT2D eigenvalue weighted by Gasteiger charge is -2.20. The molecule has 9 nitrogen and oxygen atoms in total. The van der Waals surface area contributed by atoms with Gasteiger partial charge in [0.2, 0.25) is 5.91 Å². The van der Waals surface area contributed by atoms with E-state index in [1.54, 1.807) is 13.3 Å². The maximum atomic E-state index is 12.8. The Bertz CT molecular complexity index is 1030. The number of imidazole rings is 1. The van der Waals surface area contributed by atoms with Gasteiger partial charge in [0.05, 0.1) is 12.6 Å². The van der Waals surface area contributed by atoms with Crippen molar-refractivity contribution >= 4 is 17.1 Å². The molecule has 4 heterocycles. The molecule has 0 N–H and O–H groups in total. The van der Waals surface area contributed by atoms with Gasteiger partial charge < -0.3 is 18.8 Å². The Kier molecular flexibility index (Phi) is 6.08. The fourth-order valence-corrected chi connectivity index (χ4v) is 4.21. The topological polar surface area (TPSA) is 91.0 Å². The van der Waals surface area contributed by atoms with Gasteiger partial charge >= 0.3 is 0 Å². The summed E-state index contributed by atoms with van der Waals surface area (Å²) in [4.78, 5) is 24.0. The van der Waals surface area contributed by atoms with Crippen molar-refractivity contribution in [3.8, 4) is 0 Å². The van der Waals surface area contributed by atoms with Crippen LogP contribution in [0.1, 0.15) is 43.3 Å². The van der Waals surface area contributed by atoms with E-state index in [1.165, 1.54) is 0 Å². The van der Waals surface area contributed by atoms with Crippen LogP contribution in [0.3, 0.4) is 0 Å². The number of hydrogen-bond acceptors (Lipinski definition) is 6. The Morgan fingerprint density at radius 3 is 2.97 bits per heavy atom. The van der Waals surface area contributed by atoms with Crippen molar-refractivity contribution in [1.82, 2.24) is 34.2 Å². The molecule has 0 bridgehead atoms. The smallest absolute Gasteiger partial charge is 0.222 e. The molecule has 0 saturated heterocycles. The maximum Gasteiger partial charge on any atom is 0.222 e. The molecule has 1 aliphatic heterocycles. The van der Waals surface area contributed by atoms with Gasteiger partial charge in [-0.15, -0.1) is 10.2 Å². The van der Waals surface area contributed by atoms with E-state index in [1.807, 2.05) is 24.0 Å². The molecule has 1 aliphatic rings. The normalized spacial score (nSPS) is 15.2. The zero-order chi connectivity index (χ0) is 21.1. The SMILES string of the molecule is COC[C@H](C)n1c(CCCC(=O)N2CCc3nnc(C)n3CC2)nc2cccnc21. The first-order valence-corrected chi connectivity index (χ1v) is 10.6. The number of ether oxygens (including phenoxy) is 1. The number of fused-ring (bicyclic) bond motifs is 2. The highest BCUT2D eigenvalue weighted by Crippen LogP contribution is 2.21. The van der Waals surface area contributed by atoms with Crippen LogP contribution < -0.4 is 0 Å². The molecule has 0 aromatic carbocycles. The van der Waals surface area contributed by atoms with Crippen LogP contribution in [0.15, 0.2) is 18.3 Å². The van der Waals surface area contributed by atoms with E-state index < -0.39 is 0 Å². The second kappa shape index (κ2) is 8.91. The number of nitrogens with zero attached hydrogens (tertiary/aromatic N) is 7. The highest BCUT2D eigenvalue weighted by molar-refractivity contribution is 5.76. The third-order valence-electron chi connectivity index (χ3n) is 5.73. The molecule has 0 saturated carbocycles. The van der Waals surface area contributed by atoms with Gasteiger partial charge in [0.15, 0.2) is 5.65 Å². The minimum Gasteiger partial charge on any atom is -0.383 e. The number of aromatic nitrogens is 6. The first-order valence-electron chi connectivity index (χ1n) is 10.6. The summed E-state index contributed by atoms with van der Waals surface area (Å²) in [6.45, 7) is 6.81. The van der Waals surface area contributed by atoms with Crippen LogP contribution in [-0.2, 0) is 28.9 Å². The Hall–Kier alpha value is -2.81. The molecule has 0 aliphatic carbocycles. The van der Waals surface area contributed by atoms with Crippen LogP contribution in [0, 0.1) is 6.92 Å². The number of pyridine rings is 1. The molecular formula is C21H29N7O2. The molecule has 4 rings (SSSR count). The number of amides is 1. The summed E-state index contributed by atoms with van der Waals surface area (Å²) < 4.78 is 9.60. The van der Waals surface area contributed by atoms with Gasteiger partial charge in [-0.25, -0.2) is 9.97 Å². The Morgan fingerprint density at radius 1 is 1.27 bits per heavy atom. The van der Waals surface area contributed by atoms with Gasteiger partial charge in [0.1, 0.15) is 23.0 Å². The first kappa shape index (κ1) is 20.5. The summed E-state index contributed by atoms with van der Waals surface area (Å²) in [6, 6.07) is 4.00. The van der Waals surface area contributed by atoms with Crippen molar-refractivity contribution in [2.75, 3.05) is 26.8 Å². The van der Waals surface area contributed by atoms with Gasteiger partial charge in [0.25, 0.3) is 0 Å². The standard InChI is InChI=1S/C21H29N7O2/c1-15(14-30-3)28-18(23-17-6-5-10-22-21(17)28)7-4-8-20(29)26-11-9-19-25-24-16(2)27(19)13-12-26/h5-6,10,15H,4,7-9,11-14H2,1-3H3/t15-/m0/s1. The molecule has 0 unspecified atom stereocenters. The molecule has 0 radical (unpaired) electrons. The Morgan fingerprint density at radius 2 is 2.13 bits per heavy atom. The van der Waals surface area contributed by atoms with Crippen molar-refractivity contribution in [3.63, 3.8) is 0 Å². The van der Waals surface area contributed by atoms with Crippen molar-refractivity contribution in [2.24, 2.45) is 0 Å². The summed E-state index contributed by atoms with van der Waals surface area (Å²) in [5.74, 6) is 3.03. The van der Waals surface area contributed by atoms with Gasteiger partial charge in [0, 0.05) is 52.2 Å². The zero-order valence-electron chi connectivity index (χ0n) is 17.9. The molecule has 9 heteroatoms. The van der Waals surface area contributed by atoms with Crippen LogP contribution in [0.2, 0.25) is 0 Å². The molecular weight excluding hydrogens is 382 g/mol. The molecule has 3 aromatic rings. The molecule has 1 amide bonds. The van der Waals surface area contributed by atoms with E-state index in [-0.39, 0.29) is 11.9 Å². The lowest BCUT2D eigenvalue weighted by molar-refractivity contribution is -0.131. The number of carbonyl (C=O) groups is 1. The van der Waals surface area contributed by atoms with Crippen molar-refractivity contribution in [2.45, 2.75) is 52.1 Å². The Labute approximate surface area is 176 Å². The minimum atomic E-state index is 0.130. The van der Waals surface area contributed by atoms with Gasteiger partial charge in [-0.3, -0.25) is 4.79 Å². The lowest BCUT2D eigenvalue weighted by atomic mass is 10.2. The van der Waals surface area contributed by atoms with Crippen molar-refractivity contribution in [3.05, 3.63) is 35.8 Å². The average Bonchev–Trinajstić information content (AvgIpc) is 3.19. The summed E-state index contributed by atoms with van der Waals surface area (Å²) >= 11 is 0. The van der Waals surface area contributed by atoms with Crippen LogP contribution in [0.4, 0.5) is 0 Å². The highest BCUT2D eigenvalue weighted by Gasteiger charge is 2.21. The maximum absolute atomic E-state index is 12.8. The largest absolute Gasteiger partial charge is 0.383 e. The van der Waals surface area contributed by atoms with Gasteiger partial charge in [-0.2, -0.15) is 0 Å². The highest BCUT2D eigenvalue weighted by atomic mass is 16.5. The second-order valence-electron chi connectivity index (χ2n) is 7.85. The Balaban J connectivity index is 1.39. The number of rotatable bonds is 7. The average molecular weight is 412 g/mol. The van der Waals surface area contributed by atoms with E-state index in [0.717, 1.165) is 54.4 Å². The number of hydrogen-bond donors (Lipinski definition) is 0. The lowest BCUT2D eigenvalue weighted by Crippen LogP contribution is -2.33. The number of aryl methyl sites for hydroxylation is 2. The second-order valence-corrected chi connectivity index (χ2v) is 7.85. The molecule has 0 fully saturated rings. The summed E-state index contributed by atoms with van der Waals surface area (Å²) in [5.41, 5.74) is 1.75. The van der Waals surface area contributed by atoms with Crippen molar-refractivity contribution < 1.29 is 9.53 Å². The quantitative estimate of drug-likeness (QED) is 0.590. The third kappa shape index (κ3) is 4.07. The predicted molar refractivity (Wildman–Crippen MR) is 112 cm³/mol. The number of methoxy groups -OCH3 is 1. The molecule has 1 atom stereocenters.